The Balaban J connectivity index is 1.86. The van der Waals surface area contributed by atoms with Crippen LogP contribution in [0.1, 0.15) is 67.3 Å². The summed E-state index contributed by atoms with van der Waals surface area (Å²) in [7, 11) is 0. The average molecular weight is 341 g/mol. The van der Waals surface area contributed by atoms with Crippen molar-refractivity contribution in [3.8, 4) is 0 Å². The molecule has 0 saturated heterocycles. The van der Waals surface area contributed by atoms with Crippen LogP contribution in [0.4, 0.5) is 0 Å². The van der Waals surface area contributed by atoms with Crippen LogP contribution in [0.5, 0.6) is 0 Å². The molecule has 1 heterocycles. The number of amides is 1. The molecule has 1 aromatic heterocycles. The molecule has 1 fully saturated rings. The normalized spacial score (nSPS) is 15.6. The van der Waals surface area contributed by atoms with E-state index in [2.05, 4.69) is 10.4 Å². The fourth-order valence-corrected chi connectivity index (χ4v) is 2.85. The molecular weight excluding hydrogens is 318 g/mol. The first-order chi connectivity index (χ1) is 11.8. The van der Waals surface area contributed by atoms with Gasteiger partial charge in [0.25, 0.3) is 5.91 Å². The van der Waals surface area contributed by atoms with Crippen molar-refractivity contribution in [2.75, 3.05) is 0 Å². The van der Waals surface area contributed by atoms with E-state index in [0.29, 0.717) is 11.5 Å². The van der Waals surface area contributed by atoms with E-state index >= 15 is 0 Å². The highest BCUT2D eigenvalue weighted by Crippen LogP contribution is 2.41. The van der Waals surface area contributed by atoms with Crippen molar-refractivity contribution in [3.63, 3.8) is 0 Å². The molecule has 0 unspecified atom stereocenters. The third-order valence-corrected chi connectivity index (χ3v) is 4.26. The Bertz CT molecular complexity index is 786. The van der Waals surface area contributed by atoms with Crippen molar-refractivity contribution < 1.29 is 14.7 Å². The third kappa shape index (κ3) is 3.73. The van der Waals surface area contributed by atoms with E-state index in [1.54, 1.807) is 36.4 Å². The van der Waals surface area contributed by atoms with E-state index < -0.39 is 17.9 Å². The van der Waals surface area contributed by atoms with Gasteiger partial charge in [0, 0.05) is 11.6 Å². The summed E-state index contributed by atoms with van der Waals surface area (Å²) in [6.45, 7) is 6.12. The maximum absolute atomic E-state index is 12.6. The third-order valence-electron chi connectivity index (χ3n) is 4.26. The molecule has 2 N–H and O–H groups in total. The second-order valence-electron chi connectivity index (χ2n) is 7.47. The SMILES string of the molecule is CC(C)(C)n1nc(C(=O)N[C@H](C(=O)O)c2ccccc2)cc1C1CC1. The number of benzene rings is 1. The van der Waals surface area contributed by atoms with Gasteiger partial charge in [0.2, 0.25) is 0 Å². The number of carbonyl (C=O) groups excluding carboxylic acids is 1. The van der Waals surface area contributed by atoms with Crippen LogP contribution in [-0.4, -0.2) is 26.8 Å². The molecule has 0 aliphatic heterocycles. The second kappa shape index (κ2) is 6.35. The Labute approximate surface area is 146 Å². The van der Waals surface area contributed by atoms with Gasteiger partial charge in [-0.3, -0.25) is 9.48 Å². The van der Waals surface area contributed by atoms with Gasteiger partial charge in [0.1, 0.15) is 0 Å². The summed E-state index contributed by atoms with van der Waals surface area (Å²) in [5.41, 5.74) is 1.60. The minimum absolute atomic E-state index is 0.234. The molecule has 1 aliphatic rings. The monoisotopic (exact) mass is 341 g/mol. The van der Waals surface area contributed by atoms with Gasteiger partial charge in [-0.2, -0.15) is 5.10 Å². The Kier molecular flexibility index (Phi) is 4.37. The van der Waals surface area contributed by atoms with E-state index in [0.717, 1.165) is 18.5 Å². The molecule has 1 aliphatic carbocycles. The molecular formula is C19H23N3O3. The maximum atomic E-state index is 12.6. The summed E-state index contributed by atoms with van der Waals surface area (Å²) in [6, 6.07) is 9.36. The Morgan fingerprint density at radius 3 is 2.40 bits per heavy atom. The van der Waals surface area contributed by atoms with Crippen LogP contribution in [0.2, 0.25) is 0 Å². The highest BCUT2D eigenvalue weighted by Gasteiger charge is 2.33. The van der Waals surface area contributed by atoms with E-state index in [4.69, 9.17) is 0 Å². The van der Waals surface area contributed by atoms with Gasteiger partial charge in [-0.05, 0) is 45.2 Å². The summed E-state index contributed by atoms with van der Waals surface area (Å²) in [6.07, 6.45) is 2.20. The quantitative estimate of drug-likeness (QED) is 0.875. The summed E-state index contributed by atoms with van der Waals surface area (Å²) < 4.78 is 1.89. The van der Waals surface area contributed by atoms with Gasteiger partial charge in [-0.15, -0.1) is 0 Å². The van der Waals surface area contributed by atoms with E-state index in [1.807, 2.05) is 25.5 Å². The minimum Gasteiger partial charge on any atom is -0.479 e. The van der Waals surface area contributed by atoms with E-state index in [-0.39, 0.29) is 11.2 Å². The van der Waals surface area contributed by atoms with Crippen molar-refractivity contribution in [2.24, 2.45) is 0 Å². The fourth-order valence-electron chi connectivity index (χ4n) is 2.85. The standard InChI is InChI=1S/C19H23N3O3/c1-19(2,3)22-15(12-9-10-12)11-14(21-22)17(23)20-16(18(24)25)13-7-5-4-6-8-13/h4-8,11-12,16H,9-10H2,1-3H3,(H,20,23)(H,24,25)/t16-/m0/s1. The van der Waals surface area contributed by atoms with Gasteiger partial charge < -0.3 is 10.4 Å². The highest BCUT2D eigenvalue weighted by atomic mass is 16.4. The Morgan fingerprint density at radius 1 is 1.24 bits per heavy atom. The topological polar surface area (TPSA) is 84.2 Å². The lowest BCUT2D eigenvalue weighted by Gasteiger charge is -2.22. The fraction of sp³-hybridized carbons (Fsp3) is 0.421. The maximum Gasteiger partial charge on any atom is 0.330 e. The molecule has 1 amide bonds. The highest BCUT2D eigenvalue weighted by molar-refractivity contribution is 5.95. The first-order valence-corrected chi connectivity index (χ1v) is 8.46. The predicted octanol–water partition coefficient (Wildman–Crippen LogP) is 3.07. The predicted molar refractivity (Wildman–Crippen MR) is 93.5 cm³/mol. The van der Waals surface area contributed by atoms with Crippen molar-refractivity contribution in [1.29, 1.82) is 0 Å². The first kappa shape index (κ1) is 17.2. The molecule has 132 valence electrons. The summed E-state index contributed by atoms with van der Waals surface area (Å²) >= 11 is 0. The summed E-state index contributed by atoms with van der Waals surface area (Å²) in [5, 5.41) is 16.5. The molecule has 2 aromatic rings. The second-order valence-corrected chi connectivity index (χ2v) is 7.47. The van der Waals surface area contributed by atoms with Crippen molar-refractivity contribution >= 4 is 11.9 Å². The van der Waals surface area contributed by atoms with E-state index in [9.17, 15) is 14.7 Å². The molecule has 25 heavy (non-hydrogen) atoms. The van der Waals surface area contributed by atoms with Crippen LogP contribution in [0.15, 0.2) is 36.4 Å². The zero-order valence-electron chi connectivity index (χ0n) is 14.7. The summed E-state index contributed by atoms with van der Waals surface area (Å²) in [5.74, 6) is -1.13. The van der Waals surface area contributed by atoms with Crippen molar-refractivity contribution in [3.05, 3.63) is 53.3 Å². The molecule has 0 bridgehead atoms. The van der Waals surface area contributed by atoms with Crippen LogP contribution in [0, 0.1) is 0 Å². The zero-order valence-corrected chi connectivity index (χ0v) is 14.7. The Hall–Kier alpha value is -2.63. The number of hydrogen-bond donors (Lipinski definition) is 2. The van der Waals surface area contributed by atoms with Crippen LogP contribution < -0.4 is 5.32 Å². The number of nitrogens with one attached hydrogen (secondary N) is 1. The molecule has 6 heteroatoms. The molecule has 0 spiro atoms. The van der Waals surface area contributed by atoms with Gasteiger partial charge in [0.05, 0.1) is 5.54 Å². The van der Waals surface area contributed by atoms with Gasteiger partial charge in [0.15, 0.2) is 11.7 Å². The number of carboxylic acid groups (broad SMARTS) is 1. The zero-order chi connectivity index (χ0) is 18.2. The van der Waals surface area contributed by atoms with E-state index in [1.165, 1.54) is 0 Å². The van der Waals surface area contributed by atoms with Crippen molar-refractivity contribution in [2.45, 2.75) is 51.1 Å². The number of carboxylic acids is 1. The smallest absolute Gasteiger partial charge is 0.330 e. The van der Waals surface area contributed by atoms with Crippen LogP contribution >= 0.6 is 0 Å². The number of rotatable bonds is 5. The number of aliphatic carboxylic acids is 1. The van der Waals surface area contributed by atoms with Crippen LogP contribution in [0.25, 0.3) is 0 Å². The minimum atomic E-state index is -1.10. The number of carbonyl (C=O) groups is 2. The average Bonchev–Trinajstić information content (AvgIpc) is 3.29. The number of hydrogen-bond acceptors (Lipinski definition) is 3. The summed E-state index contributed by atoms with van der Waals surface area (Å²) in [4.78, 5) is 24.2. The molecule has 6 nitrogen and oxygen atoms in total. The van der Waals surface area contributed by atoms with Crippen LogP contribution in [0.3, 0.4) is 0 Å². The van der Waals surface area contributed by atoms with Gasteiger partial charge in [-0.25, -0.2) is 4.79 Å². The lowest BCUT2D eigenvalue weighted by Crippen LogP contribution is -2.34. The lowest BCUT2D eigenvalue weighted by molar-refractivity contribution is -0.139. The first-order valence-electron chi connectivity index (χ1n) is 8.46. The molecule has 0 radical (unpaired) electrons. The molecule has 3 rings (SSSR count). The van der Waals surface area contributed by atoms with Crippen molar-refractivity contribution in [1.82, 2.24) is 15.1 Å². The molecule has 1 atom stereocenters. The van der Waals surface area contributed by atoms with Crippen LogP contribution in [-0.2, 0) is 10.3 Å². The van der Waals surface area contributed by atoms with Gasteiger partial charge in [-0.1, -0.05) is 30.3 Å². The molecule has 1 saturated carbocycles. The molecule has 1 aromatic carbocycles. The Morgan fingerprint density at radius 2 is 1.88 bits per heavy atom. The van der Waals surface area contributed by atoms with Gasteiger partial charge >= 0.3 is 5.97 Å². The lowest BCUT2D eigenvalue weighted by atomic mass is 10.1. The number of nitrogens with zero attached hydrogens (tertiary/aromatic N) is 2. The number of aromatic nitrogens is 2. The largest absolute Gasteiger partial charge is 0.479 e.